The van der Waals surface area contributed by atoms with Gasteiger partial charge in [-0.15, -0.1) is 0 Å². The number of aliphatic imine (C=N–C) groups is 1. The first-order valence-corrected chi connectivity index (χ1v) is 4.28. The zero-order chi connectivity index (χ0) is 10.3. The van der Waals surface area contributed by atoms with Crippen LogP contribution in [0.1, 0.15) is 26.2 Å². The average Bonchev–Trinajstić information content (AvgIpc) is 2.13. The summed E-state index contributed by atoms with van der Waals surface area (Å²) in [5.41, 5.74) is 5.39. The normalized spacial score (nSPS) is 11.2. The van der Waals surface area contributed by atoms with E-state index in [0.717, 1.165) is 17.9 Å². The summed E-state index contributed by atoms with van der Waals surface area (Å²) in [7, 11) is 3.08. The monoisotopic (exact) mass is 187 g/mol. The van der Waals surface area contributed by atoms with Crippen molar-refractivity contribution < 1.29 is 9.63 Å². The summed E-state index contributed by atoms with van der Waals surface area (Å²) in [5, 5.41) is 1.16. The molecule has 5 heteroatoms. The third-order valence-electron chi connectivity index (χ3n) is 1.52. The van der Waals surface area contributed by atoms with Crippen molar-refractivity contribution in [3.63, 3.8) is 0 Å². The average molecular weight is 187 g/mol. The highest BCUT2D eigenvalue weighted by molar-refractivity contribution is 5.79. The second kappa shape index (κ2) is 6.28. The fourth-order valence-corrected chi connectivity index (χ4v) is 0.707. The first-order chi connectivity index (χ1) is 6.11. The molecule has 0 saturated heterocycles. The summed E-state index contributed by atoms with van der Waals surface area (Å²) in [5.74, 6) is -0.0965. The topological polar surface area (TPSA) is 67.9 Å². The number of nitrogens with two attached hydrogens (primary N) is 1. The molecule has 0 aliphatic heterocycles. The highest BCUT2D eigenvalue weighted by Crippen LogP contribution is 1.97. The van der Waals surface area contributed by atoms with Gasteiger partial charge in [0.2, 0.25) is 5.96 Å². The van der Waals surface area contributed by atoms with Crippen molar-refractivity contribution in [2.24, 2.45) is 10.7 Å². The predicted molar refractivity (Wildman–Crippen MR) is 50.9 cm³/mol. The molecule has 0 fully saturated rings. The van der Waals surface area contributed by atoms with E-state index in [2.05, 4.69) is 4.99 Å². The highest BCUT2D eigenvalue weighted by Gasteiger charge is 2.07. The quantitative estimate of drug-likeness (QED) is 0.397. The van der Waals surface area contributed by atoms with Crippen molar-refractivity contribution >= 4 is 11.9 Å². The van der Waals surface area contributed by atoms with Crippen LogP contribution in [-0.2, 0) is 9.63 Å². The number of carbonyl (C=O) groups is 1. The van der Waals surface area contributed by atoms with Gasteiger partial charge in [-0.1, -0.05) is 13.3 Å². The lowest BCUT2D eigenvalue weighted by atomic mass is 10.3. The van der Waals surface area contributed by atoms with E-state index in [4.69, 9.17) is 10.6 Å². The summed E-state index contributed by atoms with van der Waals surface area (Å²) in [6.45, 7) is 2.01. The largest absolute Gasteiger partial charge is 0.367 e. The predicted octanol–water partition coefficient (Wildman–Crippen LogP) is 0.511. The maximum absolute atomic E-state index is 11.1. The third kappa shape index (κ3) is 5.05. The molecule has 76 valence electrons. The first-order valence-electron chi connectivity index (χ1n) is 4.28. The lowest BCUT2D eigenvalue weighted by Crippen LogP contribution is -2.35. The number of hydrogen-bond acceptors (Lipinski definition) is 3. The number of rotatable bonds is 3. The molecule has 2 N–H and O–H groups in total. The standard InChI is InChI=1S/C8H17N3O2/c1-4-5-6-7(12)13-11(3)8(9)10-2/h4-6H2,1-3H3,(H2,9,10). The number of hydroxylamine groups is 2. The van der Waals surface area contributed by atoms with Gasteiger partial charge in [-0.05, 0) is 6.42 Å². The van der Waals surface area contributed by atoms with Crippen molar-refractivity contribution in [2.45, 2.75) is 26.2 Å². The van der Waals surface area contributed by atoms with Crippen LogP contribution in [0.2, 0.25) is 0 Å². The maximum Gasteiger partial charge on any atom is 0.332 e. The van der Waals surface area contributed by atoms with Gasteiger partial charge in [-0.25, -0.2) is 4.79 Å². The summed E-state index contributed by atoms with van der Waals surface area (Å²) in [6.07, 6.45) is 2.21. The Morgan fingerprint density at radius 1 is 1.62 bits per heavy atom. The number of hydrogen-bond donors (Lipinski definition) is 1. The molecule has 0 atom stereocenters. The fraction of sp³-hybridized carbons (Fsp3) is 0.750. The molecule has 0 aliphatic rings. The molecule has 0 aromatic rings. The maximum atomic E-state index is 11.1. The Kier molecular flexibility index (Phi) is 5.67. The Morgan fingerprint density at radius 3 is 2.69 bits per heavy atom. The summed E-state index contributed by atoms with van der Waals surface area (Å²) >= 11 is 0. The summed E-state index contributed by atoms with van der Waals surface area (Å²) in [4.78, 5) is 19.6. The zero-order valence-corrected chi connectivity index (χ0v) is 8.41. The number of guanidine groups is 1. The highest BCUT2D eigenvalue weighted by atomic mass is 16.7. The van der Waals surface area contributed by atoms with Gasteiger partial charge in [0.15, 0.2) is 0 Å². The minimum Gasteiger partial charge on any atom is -0.367 e. The van der Waals surface area contributed by atoms with E-state index < -0.39 is 0 Å². The van der Waals surface area contributed by atoms with Crippen LogP contribution in [-0.4, -0.2) is 31.1 Å². The van der Waals surface area contributed by atoms with Crippen LogP contribution < -0.4 is 5.73 Å². The molecule has 0 unspecified atom stereocenters. The van der Waals surface area contributed by atoms with Crippen molar-refractivity contribution in [1.82, 2.24) is 5.06 Å². The van der Waals surface area contributed by atoms with E-state index in [1.165, 1.54) is 7.05 Å². The van der Waals surface area contributed by atoms with Gasteiger partial charge in [0.1, 0.15) is 0 Å². The fourth-order valence-electron chi connectivity index (χ4n) is 0.707. The van der Waals surface area contributed by atoms with Gasteiger partial charge in [-0.3, -0.25) is 4.99 Å². The molecule has 0 heterocycles. The van der Waals surface area contributed by atoms with E-state index >= 15 is 0 Å². The molecule has 0 bridgehead atoms. The number of unbranched alkanes of at least 4 members (excludes halogenated alkanes) is 1. The Balaban J connectivity index is 3.78. The van der Waals surface area contributed by atoms with Gasteiger partial charge < -0.3 is 10.6 Å². The Labute approximate surface area is 78.5 Å². The smallest absolute Gasteiger partial charge is 0.332 e. The molecular weight excluding hydrogens is 170 g/mol. The third-order valence-corrected chi connectivity index (χ3v) is 1.52. The van der Waals surface area contributed by atoms with Crippen molar-refractivity contribution in [3.05, 3.63) is 0 Å². The Hall–Kier alpha value is -1.26. The molecule has 5 nitrogen and oxygen atoms in total. The van der Waals surface area contributed by atoms with E-state index in [-0.39, 0.29) is 11.9 Å². The molecule has 0 spiro atoms. The van der Waals surface area contributed by atoms with Crippen molar-refractivity contribution in [3.8, 4) is 0 Å². The van der Waals surface area contributed by atoms with Gasteiger partial charge >= 0.3 is 5.97 Å². The molecule has 0 saturated carbocycles. The van der Waals surface area contributed by atoms with E-state index in [0.29, 0.717) is 6.42 Å². The molecule has 0 aliphatic carbocycles. The molecule has 0 aromatic carbocycles. The van der Waals surface area contributed by atoms with Crippen LogP contribution in [0.15, 0.2) is 4.99 Å². The number of nitrogens with zero attached hydrogens (tertiary/aromatic N) is 2. The summed E-state index contributed by atoms with van der Waals surface area (Å²) in [6, 6.07) is 0. The molecule has 0 aromatic heterocycles. The van der Waals surface area contributed by atoms with Gasteiger partial charge in [0.25, 0.3) is 0 Å². The zero-order valence-electron chi connectivity index (χ0n) is 8.41. The second-order valence-corrected chi connectivity index (χ2v) is 2.65. The SMILES string of the molecule is CCCCC(=O)ON(C)C(N)=NC. The van der Waals surface area contributed by atoms with Gasteiger partial charge in [0, 0.05) is 20.5 Å². The molecule has 0 amide bonds. The van der Waals surface area contributed by atoms with Crippen LogP contribution in [0.4, 0.5) is 0 Å². The van der Waals surface area contributed by atoms with Crippen molar-refractivity contribution in [2.75, 3.05) is 14.1 Å². The van der Waals surface area contributed by atoms with Crippen LogP contribution in [0, 0.1) is 0 Å². The lowest BCUT2D eigenvalue weighted by molar-refractivity contribution is -0.169. The van der Waals surface area contributed by atoms with Crippen LogP contribution in [0.25, 0.3) is 0 Å². The second-order valence-electron chi connectivity index (χ2n) is 2.65. The Morgan fingerprint density at radius 2 is 2.23 bits per heavy atom. The minimum atomic E-state index is -0.282. The number of carbonyl (C=O) groups excluding carboxylic acids is 1. The van der Waals surface area contributed by atoms with Crippen LogP contribution in [0.5, 0.6) is 0 Å². The van der Waals surface area contributed by atoms with Crippen molar-refractivity contribution in [1.29, 1.82) is 0 Å². The van der Waals surface area contributed by atoms with E-state index in [1.54, 1.807) is 7.05 Å². The van der Waals surface area contributed by atoms with E-state index in [1.807, 2.05) is 6.92 Å². The van der Waals surface area contributed by atoms with Crippen LogP contribution in [0.3, 0.4) is 0 Å². The molecule has 0 rings (SSSR count). The Bertz CT molecular complexity index is 192. The van der Waals surface area contributed by atoms with Gasteiger partial charge in [-0.2, -0.15) is 5.06 Å². The van der Waals surface area contributed by atoms with E-state index in [9.17, 15) is 4.79 Å². The lowest BCUT2D eigenvalue weighted by Gasteiger charge is -2.15. The molecule has 0 radical (unpaired) electrons. The molecular formula is C8H17N3O2. The first kappa shape index (κ1) is 11.7. The minimum absolute atomic E-state index is 0.185. The molecule has 13 heavy (non-hydrogen) atoms. The van der Waals surface area contributed by atoms with Crippen LogP contribution >= 0.6 is 0 Å². The summed E-state index contributed by atoms with van der Waals surface area (Å²) < 4.78 is 0. The van der Waals surface area contributed by atoms with Gasteiger partial charge in [0.05, 0.1) is 0 Å².